The van der Waals surface area contributed by atoms with Gasteiger partial charge in [-0.15, -0.1) is 0 Å². The molecule has 0 amide bonds. The second-order valence-corrected chi connectivity index (χ2v) is 5.57. The van der Waals surface area contributed by atoms with Crippen molar-refractivity contribution >= 4 is 0 Å². The van der Waals surface area contributed by atoms with Crippen LogP contribution in [0.25, 0.3) is 17.1 Å². The van der Waals surface area contributed by atoms with Crippen molar-refractivity contribution in [2.24, 2.45) is 0 Å². The molecule has 0 saturated heterocycles. The van der Waals surface area contributed by atoms with Crippen molar-refractivity contribution in [3.63, 3.8) is 0 Å². The van der Waals surface area contributed by atoms with Crippen LogP contribution in [0.2, 0.25) is 0 Å². The van der Waals surface area contributed by atoms with Gasteiger partial charge in [-0.1, -0.05) is 68.3 Å². The fraction of sp³-hybridized carbons (Fsp3) is 0. The summed E-state index contributed by atoms with van der Waals surface area (Å²) < 4.78 is 6.38. The smallest absolute Gasteiger partial charge is 0.0618 e. The van der Waals surface area contributed by atoms with Gasteiger partial charge in [0.1, 0.15) is 0 Å². The van der Waals surface area contributed by atoms with Crippen LogP contribution in [-0.4, -0.2) is 0 Å². The molecule has 0 spiro atoms. The zero-order chi connectivity index (χ0) is 16.2. The van der Waals surface area contributed by atoms with Crippen molar-refractivity contribution in [2.45, 2.75) is 0 Å². The molecule has 0 saturated carbocycles. The molecule has 0 aliphatic rings. The predicted molar refractivity (Wildman–Crippen MR) is 91.0 cm³/mol. The minimum Gasteiger partial charge on any atom is -0.0618 e. The lowest BCUT2D eigenvalue weighted by Gasteiger charge is -1.96. The number of hydrogen-bond acceptors (Lipinski definition) is 0. The molecule has 0 aliphatic carbocycles. The lowest BCUT2D eigenvalue weighted by molar-refractivity contribution is -0.858. The first-order valence-electron chi connectivity index (χ1n) is 7.95. The van der Waals surface area contributed by atoms with Crippen molar-refractivity contribution in [1.29, 1.82) is 0 Å². The molecule has 3 heteroatoms. The molecule has 0 unspecified atom stereocenters. The van der Waals surface area contributed by atoms with E-state index in [1.165, 1.54) is 0 Å². The molecular weight excluding hydrogens is 294 g/mol. The summed E-state index contributed by atoms with van der Waals surface area (Å²) in [6.45, 7) is 0. The highest BCUT2D eigenvalue weighted by Gasteiger charge is 2.24. The molecule has 0 radical (unpaired) electrons. The predicted octanol–water partition coefficient (Wildman–Crippen LogP) is 2.52. The lowest BCUT2D eigenvalue weighted by Crippen LogP contribution is -2.55. The third kappa shape index (κ3) is 2.92. The zero-order valence-corrected chi connectivity index (χ0v) is 13.2. The van der Waals surface area contributed by atoms with E-state index in [1.807, 2.05) is 18.2 Å². The van der Waals surface area contributed by atoms with E-state index in [1.54, 1.807) is 0 Å². The van der Waals surface area contributed by atoms with Crippen molar-refractivity contribution in [3.8, 4) is 17.1 Å². The molecule has 0 N–H and O–H groups in total. The molecule has 24 heavy (non-hydrogen) atoms. The number of para-hydroxylation sites is 3. The number of hydrogen-bond donors (Lipinski definition) is 0. The number of rotatable bonds is 3. The average Bonchev–Trinajstić information content (AvgIpc) is 2.70. The Labute approximate surface area is 141 Å². The molecule has 0 fully saturated rings. The molecular formula is C21H18N3+3. The van der Waals surface area contributed by atoms with E-state index in [4.69, 9.17) is 0 Å². The van der Waals surface area contributed by atoms with Crippen molar-refractivity contribution in [3.05, 3.63) is 110 Å². The summed E-state index contributed by atoms with van der Waals surface area (Å²) in [5.74, 6) is 0. The van der Waals surface area contributed by atoms with E-state index < -0.39 is 0 Å². The largest absolute Gasteiger partial charge is 0.428 e. The lowest BCUT2D eigenvalue weighted by atomic mass is 10.3. The van der Waals surface area contributed by atoms with Gasteiger partial charge in [-0.2, -0.15) is 0 Å². The van der Waals surface area contributed by atoms with Gasteiger partial charge >= 0.3 is 19.0 Å². The number of nitrogens with zero attached hydrogens (tertiary/aromatic N) is 3. The molecule has 3 aromatic carbocycles. The summed E-state index contributed by atoms with van der Waals surface area (Å²) in [6, 6.07) is 31.0. The SMILES string of the molecule is c1ccc(-[n+]2c[n+](-c3ccccc3)c[n+](-c3ccccc3)c2)cc1. The van der Waals surface area contributed by atoms with Gasteiger partial charge in [0.05, 0.1) is 0 Å². The quantitative estimate of drug-likeness (QED) is 0.515. The van der Waals surface area contributed by atoms with Gasteiger partial charge in [-0.25, -0.2) is 0 Å². The van der Waals surface area contributed by atoms with Gasteiger partial charge in [0.25, 0.3) is 0 Å². The summed E-state index contributed by atoms with van der Waals surface area (Å²) in [5.41, 5.74) is 3.35. The second-order valence-electron chi connectivity index (χ2n) is 5.57. The van der Waals surface area contributed by atoms with E-state index in [2.05, 4.69) is 105 Å². The van der Waals surface area contributed by atoms with Gasteiger partial charge in [-0.3, -0.25) is 0 Å². The van der Waals surface area contributed by atoms with Crippen LogP contribution in [0, 0.1) is 0 Å². The average molecular weight is 312 g/mol. The topological polar surface area (TPSA) is 11.6 Å². The Hall–Kier alpha value is -3.33. The fourth-order valence-corrected chi connectivity index (χ4v) is 2.69. The standard InChI is InChI=1S/C21H18N3/c1-4-10-19(11-5-1)22-16-23(20-12-6-2-7-13-20)18-24(17-22)21-14-8-3-9-15-21/h1-18H/q+3. The fourth-order valence-electron chi connectivity index (χ4n) is 2.69. The first-order chi connectivity index (χ1) is 11.9. The van der Waals surface area contributed by atoms with Crippen LogP contribution < -0.4 is 13.7 Å². The van der Waals surface area contributed by atoms with Gasteiger partial charge in [0.2, 0.25) is 17.1 Å². The van der Waals surface area contributed by atoms with E-state index in [0.29, 0.717) is 0 Å². The molecule has 3 nitrogen and oxygen atoms in total. The summed E-state index contributed by atoms with van der Waals surface area (Å²) in [6.07, 6.45) is 6.26. The van der Waals surface area contributed by atoms with Gasteiger partial charge in [0, 0.05) is 36.4 Å². The van der Waals surface area contributed by atoms with Gasteiger partial charge in [0.15, 0.2) is 0 Å². The molecule has 1 aromatic heterocycles. The molecule has 1 heterocycles. The Bertz CT molecular complexity index is 797. The summed E-state index contributed by atoms with van der Waals surface area (Å²) in [5, 5.41) is 0. The van der Waals surface area contributed by atoms with Gasteiger partial charge in [-0.05, 0) is 0 Å². The third-order valence-electron chi connectivity index (χ3n) is 3.91. The Morgan fingerprint density at radius 2 is 0.583 bits per heavy atom. The van der Waals surface area contributed by atoms with Crippen LogP contribution in [0.3, 0.4) is 0 Å². The highest BCUT2D eigenvalue weighted by atomic mass is 15.2. The van der Waals surface area contributed by atoms with Crippen LogP contribution >= 0.6 is 0 Å². The Morgan fingerprint density at radius 1 is 0.333 bits per heavy atom. The minimum absolute atomic E-state index is 1.12. The van der Waals surface area contributed by atoms with Crippen molar-refractivity contribution in [1.82, 2.24) is 0 Å². The summed E-state index contributed by atoms with van der Waals surface area (Å²) >= 11 is 0. The van der Waals surface area contributed by atoms with E-state index in [0.717, 1.165) is 17.1 Å². The number of benzene rings is 3. The molecule has 4 rings (SSSR count). The Kier molecular flexibility index (Phi) is 3.82. The molecule has 0 atom stereocenters. The first kappa shape index (κ1) is 14.3. The Balaban J connectivity index is 1.92. The summed E-state index contributed by atoms with van der Waals surface area (Å²) in [4.78, 5) is 0. The monoisotopic (exact) mass is 312 g/mol. The maximum Gasteiger partial charge on any atom is 0.428 e. The molecule has 114 valence electrons. The van der Waals surface area contributed by atoms with Crippen LogP contribution in [0.5, 0.6) is 0 Å². The van der Waals surface area contributed by atoms with Crippen LogP contribution in [-0.2, 0) is 0 Å². The zero-order valence-electron chi connectivity index (χ0n) is 13.2. The molecule has 0 bridgehead atoms. The van der Waals surface area contributed by atoms with Crippen molar-refractivity contribution in [2.75, 3.05) is 0 Å². The Morgan fingerprint density at radius 3 is 0.833 bits per heavy atom. The molecule has 0 aliphatic heterocycles. The van der Waals surface area contributed by atoms with Crippen LogP contribution in [0.4, 0.5) is 0 Å². The number of aromatic nitrogens is 3. The maximum absolute atomic E-state index is 2.12. The highest BCUT2D eigenvalue weighted by molar-refractivity contribution is 5.23. The van der Waals surface area contributed by atoms with Crippen molar-refractivity contribution < 1.29 is 13.7 Å². The van der Waals surface area contributed by atoms with Crippen LogP contribution in [0.15, 0.2) is 110 Å². The molecule has 4 aromatic rings. The minimum atomic E-state index is 1.12. The maximum atomic E-state index is 2.12. The van der Waals surface area contributed by atoms with E-state index >= 15 is 0 Å². The third-order valence-corrected chi connectivity index (χ3v) is 3.91. The van der Waals surface area contributed by atoms with E-state index in [9.17, 15) is 0 Å². The highest BCUT2D eigenvalue weighted by Crippen LogP contribution is 2.00. The van der Waals surface area contributed by atoms with E-state index in [-0.39, 0.29) is 0 Å². The van der Waals surface area contributed by atoms with Gasteiger partial charge < -0.3 is 0 Å². The van der Waals surface area contributed by atoms with Crippen LogP contribution in [0.1, 0.15) is 0 Å². The first-order valence-corrected chi connectivity index (χ1v) is 7.95. The second kappa shape index (κ2) is 6.42. The normalized spacial score (nSPS) is 10.5. The summed E-state index contributed by atoms with van der Waals surface area (Å²) in [7, 11) is 0.